The Balaban J connectivity index is 2.28. The van der Waals surface area contributed by atoms with Crippen molar-refractivity contribution in [3.05, 3.63) is 35.1 Å². The van der Waals surface area contributed by atoms with Gasteiger partial charge in [-0.2, -0.15) is 11.8 Å². The molecule has 0 spiro atoms. The molecular weight excluding hydrogens is 233 g/mol. The first-order valence-electron chi connectivity index (χ1n) is 6.39. The van der Waals surface area contributed by atoms with E-state index in [0.717, 1.165) is 25.1 Å². The molecule has 1 aromatic rings. The van der Waals surface area contributed by atoms with Gasteiger partial charge in [0.05, 0.1) is 0 Å². The van der Waals surface area contributed by atoms with Gasteiger partial charge < -0.3 is 5.32 Å². The number of nitrogens with one attached hydrogen (secondary N) is 1. The van der Waals surface area contributed by atoms with Crippen LogP contribution < -0.4 is 5.32 Å². The molecule has 0 radical (unpaired) electrons. The summed E-state index contributed by atoms with van der Waals surface area (Å²) in [6, 6.07) is 5.53. The largest absolute Gasteiger partial charge is 0.309 e. The van der Waals surface area contributed by atoms with E-state index in [0.29, 0.717) is 11.3 Å². The van der Waals surface area contributed by atoms with E-state index in [1.807, 2.05) is 17.8 Å². The van der Waals surface area contributed by atoms with Gasteiger partial charge in [-0.05, 0) is 42.6 Å². The van der Waals surface area contributed by atoms with Crippen LogP contribution in [0.4, 0.5) is 4.39 Å². The van der Waals surface area contributed by atoms with Crippen molar-refractivity contribution < 1.29 is 4.39 Å². The third kappa shape index (κ3) is 2.83. The predicted octanol–water partition coefficient (Wildman–Crippen LogP) is 3.89. The lowest BCUT2D eigenvalue weighted by Crippen LogP contribution is -2.33. The zero-order chi connectivity index (χ0) is 12.3. The quantitative estimate of drug-likeness (QED) is 0.873. The number of hydrogen-bond acceptors (Lipinski definition) is 2. The third-order valence-corrected chi connectivity index (χ3v) is 4.80. The molecule has 1 aromatic carbocycles. The van der Waals surface area contributed by atoms with Crippen LogP contribution in [-0.2, 0) is 5.75 Å². The molecule has 0 aliphatic carbocycles. The van der Waals surface area contributed by atoms with E-state index >= 15 is 0 Å². The zero-order valence-corrected chi connectivity index (χ0v) is 11.3. The Morgan fingerprint density at radius 3 is 2.94 bits per heavy atom. The molecule has 3 heteroatoms. The van der Waals surface area contributed by atoms with Gasteiger partial charge in [0.1, 0.15) is 5.82 Å². The lowest BCUT2D eigenvalue weighted by atomic mass is 9.96. The first kappa shape index (κ1) is 12.9. The highest BCUT2D eigenvalue weighted by Gasteiger charge is 2.28. The fourth-order valence-corrected chi connectivity index (χ4v) is 3.70. The van der Waals surface area contributed by atoms with Crippen LogP contribution in [0, 0.1) is 5.82 Å². The Morgan fingerprint density at radius 1 is 1.41 bits per heavy atom. The molecule has 0 bridgehead atoms. The molecule has 2 unspecified atom stereocenters. The minimum Gasteiger partial charge on any atom is -0.309 e. The molecule has 1 aliphatic heterocycles. The summed E-state index contributed by atoms with van der Waals surface area (Å²) in [5.41, 5.74) is 2.46. The molecule has 0 saturated carbocycles. The van der Waals surface area contributed by atoms with E-state index in [9.17, 15) is 4.39 Å². The monoisotopic (exact) mass is 253 g/mol. The number of halogens is 1. The van der Waals surface area contributed by atoms with Gasteiger partial charge in [-0.25, -0.2) is 4.39 Å². The molecule has 17 heavy (non-hydrogen) atoms. The second-order valence-corrected chi connectivity index (χ2v) is 5.76. The fraction of sp³-hybridized carbons (Fsp3) is 0.571. The summed E-state index contributed by atoms with van der Waals surface area (Å²) in [5.74, 6) is 0.895. The predicted molar refractivity (Wildman–Crippen MR) is 72.8 cm³/mol. The SMILES string of the molecule is CCCNC1c2cc(F)ccc2CSC1CC. The van der Waals surface area contributed by atoms with Gasteiger partial charge in [0.25, 0.3) is 0 Å². The van der Waals surface area contributed by atoms with Gasteiger partial charge in [-0.3, -0.25) is 0 Å². The van der Waals surface area contributed by atoms with Crippen molar-refractivity contribution in [1.29, 1.82) is 0 Å². The second-order valence-electron chi connectivity index (χ2n) is 4.53. The lowest BCUT2D eigenvalue weighted by Gasteiger charge is -2.33. The molecule has 1 N–H and O–H groups in total. The standard InChI is InChI=1S/C14H20FNS/c1-3-7-16-14-12-8-11(15)6-5-10(12)9-17-13(14)4-2/h5-6,8,13-14,16H,3-4,7,9H2,1-2H3. The molecule has 0 fully saturated rings. The van der Waals surface area contributed by atoms with Gasteiger partial charge in [0, 0.05) is 17.0 Å². The number of rotatable bonds is 4. The summed E-state index contributed by atoms with van der Waals surface area (Å²) in [5, 5.41) is 4.13. The van der Waals surface area contributed by atoms with Crippen molar-refractivity contribution >= 4 is 11.8 Å². The molecule has 1 heterocycles. The normalized spacial score (nSPS) is 23.5. The average Bonchev–Trinajstić information content (AvgIpc) is 2.35. The van der Waals surface area contributed by atoms with Crippen molar-refractivity contribution in [2.24, 2.45) is 0 Å². The van der Waals surface area contributed by atoms with Crippen molar-refractivity contribution in [3.8, 4) is 0 Å². The van der Waals surface area contributed by atoms with Crippen molar-refractivity contribution in [1.82, 2.24) is 5.32 Å². The van der Waals surface area contributed by atoms with Gasteiger partial charge in [0.2, 0.25) is 0 Å². The maximum atomic E-state index is 13.4. The van der Waals surface area contributed by atoms with Crippen LogP contribution >= 0.6 is 11.8 Å². The van der Waals surface area contributed by atoms with E-state index in [4.69, 9.17) is 0 Å². The Labute approximate surface area is 107 Å². The first-order chi connectivity index (χ1) is 8.26. The smallest absolute Gasteiger partial charge is 0.123 e. The third-order valence-electron chi connectivity index (χ3n) is 3.28. The second kappa shape index (κ2) is 5.87. The van der Waals surface area contributed by atoms with E-state index in [2.05, 4.69) is 19.2 Å². The van der Waals surface area contributed by atoms with E-state index < -0.39 is 0 Å². The van der Waals surface area contributed by atoms with Gasteiger partial charge in [-0.15, -0.1) is 0 Å². The summed E-state index contributed by atoms with van der Waals surface area (Å²) < 4.78 is 13.4. The van der Waals surface area contributed by atoms with E-state index in [-0.39, 0.29) is 5.82 Å². The minimum absolute atomic E-state index is 0.117. The zero-order valence-electron chi connectivity index (χ0n) is 10.5. The first-order valence-corrected chi connectivity index (χ1v) is 7.44. The molecule has 1 aliphatic rings. The van der Waals surface area contributed by atoms with Crippen LogP contribution in [0.1, 0.15) is 43.9 Å². The van der Waals surface area contributed by atoms with Crippen molar-refractivity contribution in [2.45, 2.75) is 43.7 Å². The maximum absolute atomic E-state index is 13.4. The van der Waals surface area contributed by atoms with Crippen molar-refractivity contribution in [2.75, 3.05) is 6.54 Å². The van der Waals surface area contributed by atoms with Crippen LogP contribution in [-0.4, -0.2) is 11.8 Å². The van der Waals surface area contributed by atoms with Crippen LogP contribution in [0.3, 0.4) is 0 Å². The highest BCUT2D eigenvalue weighted by atomic mass is 32.2. The van der Waals surface area contributed by atoms with Gasteiger partial charge in [0.15, 0.2) is 0 Å². The minimum atomic E-state index is -0.117. The molecule has 0 saturated heterocycles. The van der Waals surface area contributed by atoms with E-state index in [1.54, 1.807) is 12.1 Å². The fourth-order valence-electron chi connectivity index (χ4n) is 2.37. The summed E-state index contributed by atoms with van der Waals surface area (Å²) >= 11 is 1.99. The Kier molecular flexibility index (Phi) is 4.46. The molecule has 2 rings (SSSR count). The molecule has 94 valence electrons. The Morgan fingerprint density at radius 2 is 2.24 bits per heavy atom. The molecular formula is C14H20FNS. The van der Waals surface area contributed by atoms with Crippen molar-refractivity contribution in [3.63, 3.8) is 0 Å². The van der Waals surface area contributed by atoms with Crippen LogP contribution in [0.2, 0.25) is 0 Å². The van der Waals surface area contributed by atoms with Crippen LogP contribution in [0.5, 0.6) is 0 Å². The number of hydrogen-bond donors (Lipinski definition) is 1. The number of benzene rings is 1. The topological polar surface area (TPSA) is 12.0 Å². The van der Waals surface area contributed by atoms with Crippen LogP contribution in [0.15, 0.2) is 18.2 Å². The highest BCUT2D eigenvalue weighted by molar-refractivity contribution is 7.99. The summed E-state index contributed by atoms with van der Waals surface area (Å²) in [6.45, 7) is 5.37. The molecule has 0 amide bonds. The maximum Gasteiger partial charge on any atom is 0.123 e. The summed E-state index contributed by atoms with van der Waals surface area (Å²) in [6.07, 6.45) is 2.24. The van der Waals surface area contributed by atoms with Gasteiger partial charge >= 0.3 is 0 Å². The number of fused-ring (bicyclic) bond motifs is 1. The van der Waals surface area contributed by atoms with Crippen LogP contribution in [0.25, 0.3) is 0 Å². The molecule has 2 atom stereocenters. The Bertz CT molecular complexity index is 380. The van der Waals surface area contributed by atoms with Gasteiger partial charge in [-0.1, -0.05) is 19.9 Å². The summed E-state index contributed by atoms with van der Waals surface area (Å²) in [4.78, 5) is 0. The van der Waals surface area contributed by atoms with E-state index in [1.165, 1.54) is 11.1 Å². The highest BCUT2D eigenvalue weighted by Crippen LogP contribution is 2.39. The average molecular weight is 253 g/mol. The summed E-state index contributed by atoms with van der Waals surface area (Å²) in [7, 11) is 0. The lowest BCUT2D eigenvalue weighted by molar-refractivity contribution is 0.494. The number of thioether (sulfide) groups is 1. The molecule has 1 nitrogen and oxygen atoms in total. The Hall–Kier alpha value is -0.540. The molecule has 0 aromatic heterocycles.